The number of carbonyl (C=O) groups is 2. The Bertz CT molecular complexity index is 1270. The van der Waals surface area contributed by atoms with E-state index in [-0.39, 0.29) is 12.5 Å². The second-order valence-corrected chi connectivity index (χ2v) is 8.08. The van der Waals surface area contributed by atoms with Gasteiger partial charge in [0.15, 0.2) is 0 Å². The predicted octanol–water partition coefficient (Wildman–Crippen LogP) is 6.20. The molecule has 0 bridgehead atoms. The predicted molar refractivity (Wildman–Crippen MR) is 129 cm³/mol. The van der Waals surface area contributed by atoms with Crippen molar-refractivity contribution in [2.24, 2.45) is 0 Å². The highest BCUT2D eigenvalue weighted by Gasteiger charge is 2.28. The van der Waals surface area contributed by atoms with Crippen LogP contribution in [0.2, 0.25) is 0 Å². The van der Waals surface area contributed by atoms with Crippen molar-refractivity contribution in [1.29, 1.82) is 0 Å². The van der Waals surface area contributed by atoms with Crippen molar-refractivity contribution in [3.63, 3.8) is 0 Å². The van der Waals surface area contributed by atoms with Crippen molar-refractivity contribution in [2.45, 2.75) is 12.5 Å². The lowest BCUT2D eigenvalue weighted by atomic mass is 9.98. The lowest BCUT2D eigenvalue weighted by molar-refractivity contribution is 0.112. The van der Waals surface area contributed by atoms with Gasteiger partial charge in [-0.15, -0.1) is 0 Å². The molecule has 0 unspecified atom stereocenters. The minimum atomic E-state index is -0.442. The molecule has 0 spiro atoms. The molecule has 4 aromatic carbocycles. The molecule has 1 N–H and O–H groups in total. The van der Waals surface area contributed by atoms with Crippen molar-refractivity contribution < 1.29 is 14.3 Å². The summed E-state index contributed by atoms with van der Waals surface area (Å²) in [6, 6.07) is 31.9. The lowest BCUT2D eigenvalue weighted by Crippen LogP contribution is -2.25. The molecule has 1 aliphatic rings. The first-order valence-corrected chi connectivity index (χ1v) is 11.0. The first kappa shape index (κ1) is 20.7. The van der Waals surface area contributed by atoms with Gasteiger partial charge in [0.1, 0.15) is 12.9 Å². The molecule has 33 heavy (non-hydrogen) atoms. The van der Waals surface area contributed by atoms with Gasteiger partial charge in [0.2, 0.25) is 0 Å². The summed E-state index contributed by atoms with van der Waals surface area (Å²) in [6.07, 6.45) is 0.386. The van der Waals surface area contributed by atoms with Gasteiger partial charge < -0.3 is 10.1 Å². The minimum absolute atomic E-state index is 0.0340. The summed E-state index contributed by atoms with van der Waals surface area (Å²) in [7, 11) is 0. The molecule has 1 amide bonds. The summed E-state index contributed by atoms with van der Waals surface area (Å²) in [6.45, 7) is 0.636. The summed E-state index contributed by atoms with van der Waals surface area (Å²) in [4.78, 5) is 23.5. The number of ether oxygens (including phenoxy) is 1. The summed E-state index contributed by atoms with van der Waals surface area (Å²) < 4.78 is 5.65. The zero-order valence-corrected chi connectivity index (χ0v) is 18.0. The van der Waals surface area contributed by atoms with Gasteiger partial charge in [-0.2, -0.15) is 0 Å². The normalized spacial score (nSPS) is 12.0. The second-order valence-electron chi connectivity index (χ2n) is 8.08. The van der Waals surface area contributed by atoms with Crippen molar-refractivity contribution in [1.82, 2.24) is 5.32 Å². The molecule has 1 aliphatic carbocycles. The number of rotatable bonds is 6. The molecule has 0 saturated carbocycles. The van der Waals surface area contributed by atoms with E-state index in [0.29, 0.717) is 12.1 Å². The van der Waals surface area contributed by atoms with Crippen molar-refractivity contribution in [3.8, 4) is 22.3 Å². The average Bonchev–Trinajstić information content (AvgIpc) is 3.20. The Balaban J connectivity index is 1.26. The summed E-state index contributed by atoms with van der Waals surface area (Å²) >= 11 is 0. The maximum absolute atomic E-state index is 12.6. The molecule has 4 heteroatoms. The number of fused-ring (bicyclic) bond motifs is 3. The van der Waals surface area contributed by atoms with Crippen LogP contribution in [0.3, 0.4) is 0 Å². The van der Waals surface area contributed by atoms with Crippen LogP contribution >= 0.6 is 0 Å². The first-order valence-electron chi connectivity index (χ1n) is 11.0. The maximum atomic E-state index is 12.6. The number of amides is 1. The van der Waals surface area contributed by atoms with Crippen molar-refractivity contribution in [2.75, 3.05) is 6.61 Å². The molecule has 0 aliphatic heterocycles. The topological polar surface area (TPSA) is 55.4 Å². The Morgan fingerprint density at radius 1 is 0.758 bits per heavy atom. The van der Waals surface area contributed by atoms with E-state index in [1.54, 1.807) is 12.1 Å². The van der Waals surface area contributed by atoms with Gasteiger partial charge in [0.05, 0.1) is 0 Å². The summed E-state index contributed by atoms with van der Waals surface area (Å²) in [5, 5.41) is 2.89. The Hall–Kier alpha value is -4.18. The molecule has 0 heterocycles. The van der Waals surface area contributed by atoms with Crippen LogP contribution in [0.1, 0.15) is 33.0 Å². The highest BCUT2D eigenvalue weighted by molar-refractivity contribution is 5.79. The number of alkyl carbamates (subject to hydrolysis) is 1. The first-order chi connectivity index (χ1) is 16.2. The van der Waals surface area contributed by atoms with Gasteiger partial charge in [-0.3, -0.25) is 4.79 Å². The SMILES string of the molecule is O=Cc1ccc(-c2ccccc2CNC(=O)OCC2c3ccccc3-c3ccccc32)cc1. The molecular formula is C29H23NO3. The standard InChI is InChI=1S/C29H23NO3/c31-18-20-13-15-21(16-14-20)23-8-2-1-7-22(23)17-30-29(32)33-19-28-26-11-5-3-9-24(26)25-10-4-6-12-27(25)28/h1-16,18,28H,17,19H2,(H,30,32). The number of hydrogen-bond acceptors (Lipinski definition) is 3. The lowest BCUT2D eigenvalue weighted by Gasteiger charge is -2.15. The van der Waals surface area contributed by atoms with E-state index in [2.05, 4.69) is 29.6 Å². The number of carbonyl (C=O) groups excluding carboxylic acids is 2. The number of benzene rings is 4. The highest BCUT2D eigenvalue weighted by atomic mass is 16.5. The van der Waals surface area contributed by atoms with E-state index in [1.165, 1.54) is 22.3 Å². The molecule has 0 radical (unpaired) electrons. The number of aldehydes is 1. The quantitative estimate of drug-likeness (QED) is 0.368. The van der Waals surface area contributed by atoms with Gasteiger partial charge >= 0.3 is 6.09 Å². The molecule has 0 fully saturated rings. The molecular weight excluding hydrogens is 410 g/mol. The van der Waals surface area contributed by atoms with E-state index in [0.717, 1.165) is 23.0 Å². The van der Waals surface area contributed by atoms with Crippen LogP contribution in [-0.4, -0.2) is 19.0 Å². The molecule has 5 rings (SSSR count). The largest absolute Gasteiger partial charge is 0.449 e. The summed E-state index contributed by atoms with van der Waals surface area (Å²) in [5.74, 6) is 0.0340. The van der Waals surface area contributed by atoms with Crippen LogP contribution in [0.4, 0.5) is 4.79 Å². The van der Waals surface area contributed by atoms with E-state index in [9.17, 15) is 9.59 Å². The zero-order valence-electron chi connectivity index (χ0n) is 18.0. The van der Waals surface area contributed by atoms with Crippen LogP contribution in [0.5, 0.6) is 0 Å². The molecule has 0 saturated heterocycles. The van der Waals surface area contributed by atoms with Gasteiger partial charge in [-0.25, -0.2) is 4.79 Å². The van der Waals surface area contributed by atoms with Gasteiger partial charge in [-0.1, -0.05) is 97.1 Å². The third kappa shape index (κ3) is 4.15. The number of nitrogens with one attached hydrogen (secondary N) is 1. The van der Waals surface area contributed by atoms with Gasteiger partial charge in [0.25, 0.3) is 0 Å². The fourth-order valence-electron chi connectivity index (χ4n) is 4.51. The molecule has 162 valence electrons. The smallest absolute Gasteiger partial charge is 0.407 e. The number of hydrogen-bond donors (Lipinski definition) is 1. The third-order valence-corrected chi connectivity index (χ3v) is 6.14. The second kappa shape index (κ2) is 9.13. The Kier molecular flexibility index (Phi) is 5.73. The monoisotopic (exact) mass is 433 g/mol. The van der Waals surface area contributed by atoms with Crippen molar-refractivity contribution >= 4 is 12.4 Å². The minimum Gasteiger partial charge on any atom is -0.449 e. The zero-order chi connectivity index (χ0) is 22.6. The maximum Gasteiger partial charge on any atom is 0.407 e. The van der Waals surface area contributed by atoms with Crippen LogP contribution in [0.15, 0.2) is 97.1 Å². The molecule has 4 aromatic rings. The molecule has 4 nitrogen and oxygen atoms in total. The van der Waals surface area contributed by atoms with Crippen LogP contribution < -0.4 is 5.32 Å². The van der Waals surface area contributed by atoms with Crippen molar-refractivity contribution in [3.05, 3.63) is 119 Å². The van der Waals surface area contributed by atoms with E-state index < -0.39 is 6.09 Å². The fourth-order valence-corrected chi connectivity index (χ4v) is 4.51. The van der Waals surface area contributed by atoms with Crippen LogP contribution in [-0.2, 0) is 11.3 Å². The third-order valence-electron chi connectivity index (χ3n) is 6.14. The van der Waals surface area contributed by atoms with E-state index >= 15 is 0 Å². The highest BCUT2D eigenvalue weighted by Crippen LogP contribution is 2.44. The Labute approximate surface area is 192 Å². The molecule has 0 atom stereocenters. The summed E-state index contributed by atoms with van der Waals surface area (Å²) in [5.41, 5.74) is 8.40. The van der Waals surface area contributed by atoms with Gasteiger partial charge in [-0.05, 0) is 38.9 Å². The van der Waals surface area contributed by atoms with E-state index in [4.69, 9.17) is 4.74 Å². The van der Waals surface area contributed by atoms with Gasteiger partial charge in [0, 0.05) is 18.0 Å². The molecule has 0 aromatic heterocycles. The van der Waals surface area contributed by atoms with E-state index in [1.807, 2.05) is 60.7 Å². The fraction of sp³-hybridized carbons (Fsp3) is 0.103. The van der Waals surface area contributed by atoms with Crippen LogP contribution in [0, 0.1) is 0 Å². The van der Waals surface area contributed by atoms with Crippen LogP contribution in [0.25, 0.3) is 22.3 Å². The Morgan fingerprint density at radius 3 is 1.97 bits per heavy atom. The average molecular weight is 434 g/mol. The Morgan fingerprint density at radius 2 is 1.33 bits per heavy atom.